The Kier molecular flexibility index (Phi) is 5.00. The fourth-order valence-electron chi connectivity index (χ4n) is 1.13. The van der Waals surface area contributed by atoms with Crippen molar-refractivity contribution in [3.05, 3.63) is 32.9 Å². The van der Waals surface area contributed by atoms with Crippen molar-refractivity contribution in [3.63, 3.8) is 0 Å². The number of benzene rings is 1. The van der Waals surface area contributed by atoms with Crippen molar-refractivity contribution in [2.75, 3.05) is 13.9 Å². The van der Waals surface area contributed by atoms with Gasteiger partial charge in [-0.3, -0.25) is 0 Å². The molecule has 1 rings (SSSR count). The lowest BCUT2D eigenvalue weighted by Crippen LogP contribution is -2.05. The van der Waals surface area contributed by atoms with E-state index in [0.29, 0.717) is 5.56 Å². The van der Waals surface area contributed by atoms with Crippen LogP contribution in [0.1, 0.15) is 15.9 Å². The molecule has 1 aromatic rings. The van der Waals surface area contributed by atoms with Crippen LogP contribution in [0.4, 0.5) is 0 Å². The summed E-state index contributed by atoms with van der Waals surface area (Å²) in [7, 11) is 1.52. The number of ether oxygens (including phenoxy) is 2. The van der Waals surface area contributed by atoms with E-state index in [1.807, 2.05) is 0 Å². The normalized spacial score (nSPS) is 10.3. The van der Waals surface area contributed by atoms with Crippen molar-refractivity contribution in [1.82, 2.24) is 0 Å². The Bertz CT molecular complexity index is 351. The molecule has 0 aliphatic rings. The van der Waals surface area contributed by atoms with Gasteiger partial charge < -0.3 is 14.6 Å². The summed E-state index contributed by atoms with van der Waals surface area (Å²) in [6.07, 6.45) is 0. The second-order valence-corrected chi connectivity index (χ2v) is 4.11. The smallest absolute Gasteiger partial charge is 0.336 e. The number of carboxylic acid groups (broad SMARTS) is 1. The molecule has 0 unspecified atom stereocenters. The molecule has 0 saturated heterocycles. The largest absolute Gasteiger partial charge is 0.478 e. The molecule has 0 saturated carbocycles. The molecule has 0 bridgehead atoms. The van der Waals surface area contributed by atoms with Crippen LogP contribution in [0.25, 0.3) is 0 Å². The van der Waals surface area contributed by atoms with Crippen molar-refractivity contribution >= 4 is 28.6 Å². The number of carbonyl (C=O) groups is 1. The summed E-state index contributed by atoms with van der Waals surface area (Å²) in [4.78, 5) is 10.9. The summed E-state index contributed by atoms with van der Waals surface area (Å²) in [6, 6.07) is 5.12. The topological polar surface area (TPSA) is 55.8 Å². The van der Waals surface area contributed by atoms with E-state index in [4.69, 9.17) is 14.6 Å². The lowest BCUT2D eigenvalue weighted by atomic mass is 10.1. The Morgan fingerprint density at radius 3 is 2.87 bits per heavy atom. The van der Waals surface area contributed by atoms with Gasteiger partial charge in [0.2, 0.25) is 0 Å². The van der Waals surface area contributed by atoms with Crippen molar-refractivity contribution in [1.29, 1.82) is 0 Å². The molecular formula is C10H11IO4. The molecule has 4 nitrogen and oxygen atoms in total. The number of halogens is 1. The molecule has 0 spiro atoms. The fraction of sp³-hybridized carbons (Fsp3) is 0.300. The van der Waals surface area contributed by atoms with Crippen LogP contribution >= 0.6 is 22.6 Å². The predicted molar refractivity (Wildman–Crippen MR) is 62.8 cm³/mol. The zero-order valence-corrected chi connectivity index (χ0v) is 10.4. The Morgan fingerprint density at radius 2 is 2.27 bits per heavy atom. The summed E-state index contributed by atoms with van der Waals surface area (Å²) >= 11 is 2.13. The zero-order chi connectivity index (χ0) is 11.3. The van der Waals surface area contributed by atoms with Gasteiger partial charge in [-0.1, -0.05) is 0 Å². The summed E-state index contributed by atoms with van der Waals surface area (Å²) in [5, 5.41) is 8.92. The van der Waals surface area contributed by atoms with Gasteiger partial charge in [-0.15, -0.1) is 0 Å². The average molecular weight is 322 g/mol. The van der Waals surface area contributed by atoms with E-state index in [9.17, 15) is 4.79 Å². The molecule has 1 aromatic carbocycles. The lowest BCUT2D eigenvalue weighted by Gasteiger charge is -2.07. The lowest BCUT2D eigenvalue weighted by molar-refractivity contribution is -0.0393. The van der Waals surface area contributed by atoms with E-state index in [0.717, 1.165) is 3.57 Å². The van der Waals surface area contributed by atoms with Gasteiger partial charge in [-0.25, -0.2) is 4.79 Å². The van der Waals surface area contributed by atoms with Gasteiger partial charge in [0, 0.05) is 10.7 Å². The van der Waals surface area contributed by atoms with E-state index >= 15 is 0 Å². The van der Waals surface area contributed by atoms with Crippen LogP contribution in [0.5, 0.6) is 0 Å². The van der Waals surface area contributed by atoms with E-state index in [2.05, 4.69) is 22.6 Å². The third-order valence-electron chi connectivity index (χ3n) is 1.76. The van der Waals surface area contributed by atoms with E-state index < -0.39 is 5.97 Å². The van der Waals surface area contributed by atoms with Crippen molar-refractivity contribution < 1.29 is 19.4 Å². The minimum Gasteiger partial charge on any atom is -0.478 e. The van der Waals surface area contributed by atoms with Crippen LogP contribution in [-0.4, -0.2) is 25.0 Å². The van der Waals surface area contributed by atoms with Gasteiger partial charge in [0.25, 0.3) is 0 Å². The molecular weight excluding hydrogens is 311 g/mol. The molecule has 0 aliphatic carbocycles. The molecule has 0 amide bonds. The van der Waals surface area contributed by atoms with Gasteiger partial charge in [0.15, 0.2) is 0 Å². The Morgan fingerprint density at radius 1 is 1.53 bits per heavy atom. The van der Waals surface area contributed by atoms with Gasteiger partial charge in [-0.2, -0.15) is 0 Å². The number of rotatable bonds is 5. The maximum Gasteiger partial charge on any atom is 0.336 e. The molecule has 82 valence electrons. The molecule has 0 heterocycles. The first kappa shape index (κ1) is 12.4. The van der Waals surface area contributed by atoms with Crippen LogP contribution in [0.2, 0.25) is 0 Å². The van der Waals surface area contributed by atoms with Gasteiger partial charge in [0.05, 0.1) is 12.2 Å². The van der Waals surface area contributed by atoms with Crippen LogP contribution < -0.4 is 0 Å². The third-order valence-corrected chi connectivity index (χ3v) is 2.43. The second kappa shape index (κ2) is 6.04. The van der Waals surface area contributed by atoms with Gasteiger partial charge in [0.1, 0.15) is 6.79 Å². The van der Waals surface area contributed by atoms with Crippen LogP contribution in [0.3, 0.4) is 0 Å². The average Bonchev–Trinajstić information content (AvgIpc) is 2.18. The highest BCUT2D eigenvalue weighted by Gasteiger charge is 2.09. The second-order valence-electron chi connectivity index (χ2n) is 2.86. The predicted octanol–water partition coefficient (Wildman–Crippen LogP) is 2.11. The van der Waals surface area contributed by atoms with Crippen LogP contribution in [-0.2, 0) is 16.1 Å². The highest BCUT2D eigenvalue weighted by molar-refractivity contribution is 14.1. The minimum atomic E-state index is -0.942. The maximum absolute atomic E-state index is 10.9. The third kappa shape index (κ3) is 3.77. The molecule has 5 heteroatoms. The Balaban J connectivity index is 2.82. The maximum atomic E-state index is 10.9. The first-order chi connectivity index (χ1) is 7.15. The SMILES string of the molecule is COCOCc1cc(I)ccc1C(=O)O. The first-order valence-corrected chi connectivity index (χ1v) is 5.31. The van der Waals surface area contributed by atoms with E-state index in [1.165, 1.54) is 7.11 Å². The monoisotopic (exact) mass is 322 g/mol. The highest BCUT2D eigenvalue weighted by atomic mass is 127. The van der Waals surface area contributed by atoms with E-state index in [1.54, 1.807) is 18.2 Å². The molecule has 0 aliphatic heterocycles. The molecule has 15 heavy (non-hydrogen) atoms. The van der Waals surface area contributed by atoms with Crippen molar-refractivity contribution in [2.45, 2.75) is 6.61 Å². The molecule has 1 N–H and O–H groups in total. The highest BCUT2D eigenvalue weighted by Crippen LogP contribution is 2.15. The van der Waals surface area contributed by atoms with E-state index in [-0.39, 0.29) is 19.0 Å². The summed E-state index contributed by atoms with van der Waals surface area (Å²) in [5.41, 5.74) is 0.929. The molecule has 0 atom stereocenters. The number of hydrogen-bond acceptors (Lipinski definition) is 3. The Labute approximate surface area is 101 Å². The number of methoxy groups -OCH3 is 1. The fourth-order valence-corrected chi connectivity index (χ4v) is 1.68. The summed E-state index contributed by atoms with van der Waals surface area (Å²) < 4.78 is 10.8. The summed E-state index contributed by atoms with van der Waals surface area (Å²) in [6.45, 7) is 0.400. The van der Waals surface area contributed by atoms with Crippen LogP contribution in [0.15, 0.2) is 18.2 Å². The number of hydrogen-bond donors (Lipinski definition) is 1. The zero-order valence-electron chi connectivity index (χ0n) is 8.20. The van der Waals surface area contributed by atoms with Crippen molar-refractivity contribution in [2.24, 2.45) is 0 Å². The summed E-state index contributed by atoms with van der Waals surface area (Å²) in [5.74, 6) is -0.942. The standard InChI is InChI=1S/C10H11IO4/c1-14-6-15-5-7-4-8(11)2-3-9(7)10(12)13/h2-4H,5-6H2,1H3,(H,12,13). The number of aromatic carboxylic acids is 1. The van der Waals surface area contributed by atoms with Crippen molar-refractivity contribution in [3.8, 4) is 0 Å². The quantitative estimate of drug-likeness (QED) is 0.512. The molecule has 0 radical (unpaired) electrons. The van der Waals surface area contributed by atoms with Gasteiger partial charge >= 0.3 is 5.97 Å². The van der Waals surface area contributed by atoms with Gasteiger partial charge in [-0.05, 0) is 46.4 Å². The Hall–Kier alpha value is -0.660. The molecule has 0 fully saturated rings. The minimum absolute atomic E-state index is 0.157. The van der Waals surface area contributed by atoms with Crippen LogP contribution in [0, 0.1) is 3.57 Å². The molecule has 0 aromatic heterocycles. The number of carboxylic acids is 1. The first-order valence-electron chi connectivity index (χ1n) is 4.23.